The Morgan fingerprint density at radius 2 is 1.80 bits per heavy atom. The third kappa shape index (κ3) is 4.07. The molecule has 2 rings (SSSR count). The number of benzene rings is 1. The topological polar surface area (TPSA) is 29.5 Å². The van der Waals surface area contributed by atoms with E-state index >= 15 is 0 Å². The average Bonchev–Trinajstić information content (AvgIpc) is 2.91. The highest BCUT2D eigenvalue weighted by Gasteiger charge is 2.31. The van der Waals surface area contributed by atoms with Crippen molar-refractivity contribution < 1.29 is 9.53 Å². The number of esters is 1. The number of rotatable bonds is 4. The molecule has 1 aromatic carbocycles. The molecule has 1 aliphatic rings. The first-order chi connectivity index (χ1) is 9.47. The van der Waals surface area contributed by atoms with Crippen molar-refractivity contribution in [3.8, 4) is 0 Å². The molecule has 0 unspecified atom stereocenters. The van der Waals surface area contributed by atoms with Crippen LogP contribution < -0.4 is 0 Å². The fourth-order valence-electron chi connectivity index (χ4n) is 2.46. The van der Waals surface area contributed by atoms with Gasteiger partial charge in [-0.05, 0) is 38.1 Å². The van der Waals surface area contributed by atoms with Crippen LogP contribution in [-0.2, 0) is 4.74 Å². The lowest BCUT2D eigenvalue weighted by atomic mass is 9.88. The molecule has 110 valence electrons. The predicted molar refractivity (Wildman–Crippen MR) is 80.8 cm³/mol. The first-order valence-corrected chi connectivity index (χ1v) is 7.45. The monoisotopic (exact) mass is 275 g/mol. The molecule has 3 nitrogen and oxygen atoms in total. The van der Waals surface area contributed by atoms with Gasteiger partial charge < -0.3 is 4.74 Å². The Hall–Kier alpha value is -1.35. The maximum Gasteiger partial charge on any atom is 0.338 e. The fraction of sp³-hybridized carbons (Fsp3) is 0.588. The van der Waals surface area contributed by atoms with Crippen molar-refractivity contribution in [2.24, 2.45) is 5.41 Å². The maximum atomic E-state index is 12.2. The molecular formula is C17H25NO2. The van der Waals surface area contributed by atoms with Gasteiger partial charge in [-0.25, -0.2) is 4.79 Å². The zero-order chi connectivity index (χ0) is 14.6. The molecule has 1 aromatic rings. The third-order valence-corrected chi connectivity index (χ3v) is 3.85. The van der Waals surface area contributed by atoms with Crippen LogP contribution in [0.3, 0.4) is 0 Å². The molecular weight excluding hydrogens is 250 g/mol. The average molecular weight is 275 g/mol. The van der Waals surface area contributed by atoms with E-state index in [1.807, 2.05) is 18.2 Å². The number of ether oxygens (including phenoxy) is 1. The number of likely N-dealkylation sites (tertiary alicyclic amines) is 1. The van der Waals surface area contributed by atoms with E-state index in [1.165, 1.54) is 12.8 Å². The largest absolute Gasteiger partial charge is 0.457 e. The zero-order valence-electron chi connectivity index (χ0n) is 12.8. The quantitative estimate of drug-likeness (QED) is 0.789. The Bertz CT molecular complexity index is 430. The van der Waals surface area contributed by atoms with E-state index in [9.17, 15) is 4.79 Å². The van der Waals surface area contributed by atoms with Crippen molar-refractivity contribution in [2.75, 3.05) is 19.6 Å². The van der Waals surface area contributed by atoms with Gasteiger partial charge in [-0.1, -0.05) is 39.0 Å². The van der Waals surface area contributed by atoms with Crippen molar-refractivity contribution >= 4 is 5.97 Å². The van der Waals surface area contributed by atoms with Gasteiger partial charge in [0.25, 0.3) is 0 Å². The molecule has 3 heteroatoms. The molecule has 1 heterocycles. The van der Waals surface area contributed by atoms with Crippen molar-refractivity contribution in [2.45, 2.75) is 39.7 Å². The molecule has 0 aromatic heterocycles. The van der Waals surface area contributed by atoms with Gasteiger partial charge in [0, 0.05) is 12.0 Å². The molecule has 0 bridgehead atoms. The lowest BCUT2D eigenvalue weighted by molar-refractivity contribution is -0.0145. The van der Waals surface area contributed by atoms with E-state index < -0.39 is 0 Å². The van der Waals surface area contributed by atoms with Crippen LogP contribution in [0.5, 0.6) is 0 Å². The third-order valence-electron chi connectivity index (χ3n) is 3.85. The van der Waals surface area contributed by atoms with Gasteiger partial charge in [0.05, 0.1) is 5.56 Å². The van der Waals surface area contributed by atoms with Gasteiger partial charge in [-0.3, -0.25) is 4.90 Å². The summed E-state index contributed by atoms with van der Waals surface area (Å²) in [7, 11) is 0. The van der Waals surface area contributed by atoms with Crippen LogP contribution in [0.4, 0.5) is 0 Å². The minimum absolute atomic E-state index is 0.0486. The van der Waals surface area contributed by atoms with Crippen molar-refractivity contribution in [3.63, 3.8) is 0 Å². The first-order valence-electron chi connectivity index (χ1n) is 7.45. The lowest BCUT2D eigenvalue weighted by Gasteiger charge is -2.33. The molecule has 1 aliphatic heterocycles. The molecule has 0 N–H and O–H groups in total. The summed E-state index contributed by atoms with van der Waals surface area (Å²) >= 11 is 0. The SMILES string of the molecule is CC(C)(C)[C@H](CN1CCCC1)OC(=O)c1ccccc1. The highest BCUT2D eigenvalue weighted by Crippen LogP contribution is 2.25. The van der Waals surface area contributed by atoms with Gasteiger partial charge in [0.1, 0.15) is 6.10 Å². The summed E-state index contributed by atoms with van der Waals surface area (Å²) in [6, 6.07) is 9.24. The normalized spacial score (nSPS) is 17.9. The van der Waals surface area contributed by atoms with E-state index in [-0.39, 0.29) is 17.5 Å². The smallest absolute Gasteiger partial charge is 0.338 e. The van der Waals surface area contributed by atoms with E-state index in [1.54, 1.807) is 12.1 Å². The first kappa shape index (κ1) is 15.0. The molecule has 1 atom stereocenters. The van der Waals surface area contributed by atoms with Crippen LogP contribution >= 0.6 is 0 Å². The Morgan fingerprint density at radius 1 is 1.20 bits per heavy atom. The Labute approximate surface area is 121 Å². The van der Waals surface area contributed by atoms with E-state index in [0.717, 1.165) is 19.6 Å². The summed E-state index contributed by atoms with van der Waals surface area (Å²) in [6.07, 6.45) is 2.43. The summed E-state index contributed by atoms with van der Waals surface area (Å²) < 4.78 is 5.78. The minimum atomic E-state index is -0.218. The Kier molecular flexibility index (Phi) is 4.81. The van der Waals surface area contributed by atoms with Crippen LogP contribution in [0, 0.1) is 5.41 Å². The van der Waals surface area contributed by atoms with Crippen LogP contribution in [-0.4, -0.2) is 36.6 Å². The highest BCUT2D eigenvalue weighted by molar-refractivity contribution is 5.89. The molecule has 0 amide bonds. The number of hydrogen-bond acceptors (Lipinski definition) is 3. The van der Waals surface area contributed by atoms with Crippen molar-refractivity contribution in [1.82, 2.24) is 4.90 Å². The summed E-state index contributed by atoms with van der Waals surface area (Å²) in [4.78, 5) is 14.6. The molecule has 0 spiro atoms. The summed E-state index contributed by atoms with van der Waals surface area (Å²) in [5.41, 5.74) is 0.579. The van der Waals surface area contributed by atoms with E-state index in [4.69, 9.17) is 4.74 Å². The molecule has 1 fully saturated rings. The van der Waals surface area contributed by atoms with Crippen LogP contribution in [0.2, 0.25) is 0 Å². The molecule has 0 radical (unpaired) electrons. The van der Waals surface area contributed by atoms with Gasteiger partial charge in [-0.2, -0.15) is 0 Å². The second-order valence-electron chi connectivity index (χ2n) is 6.63. The van der Waals surface area contributed by atoms with Gasteiger partial charge in [0.2, 0.25) is 0 Å². The summed E-state index contributed by atoms with van der Waals surface area (Å²) in [5, 5.41) is 0. The summed E-state index contributed by atoms with van der Waals surface area (Å²) in [6.45, 7) is 9.47. The Morgan fingerprint density at radius 3 is 2.35 bits per heavy atom. The molecule has 1 saturated heterocycles. The van der Waals surface area contributed by atoms with Crippen molar-refractivity contribution in [3.05, 3.63) is 35.9 Å². The van der Waals surface area contributed by atoms with E-state index in [0.29, 0.717) is 5.56 Å². The molecule has 20 heavy (non-hydrogen) atoms. The van der Waals surface area contributed by atoms with Gasteiger partial charge in [-0.15, -0.1) is 0 Å². The van der Waals surface area contributed by atoms with Gasteiger partial charge in [0.15, 0.2) is 0 Å². The zero-order valence-corrected chi connectivity index (χ0v) is 12.8. The maximum absolute atomic E-state index is 12.2. The van der Waals surface area contributed by atoms with Crippen LogP contribution in [0.15, 0.2) is 30.3 Å². The minimum Gasteiger partial charge on any atom is -0.457 e. The number of hydrogen-bond donors (Lipinski definition) is 0. The second kappa shape index (κ2) is 6.40. The lowest BCUT2D eigenvalue weighted by Crippen LogP contribution is -2.41. The predicted octanol–water partition coefficient (Wildman–Crippen LogP) is 3.35. The Balaban J connectivity index is 2.02. The summed E-state index contributed by atoms with van der Waals surface area (Å²) in [5.74, 6) is -0.218. The van der Waals surface area contributed by atoms with Gasteiger partial charge >= 0.3 is 5.97 Å². The van der Waals surface area contributed by atoms with Crippen LogP contribution in [0.1, 0.15) is 44.0 Å². The number of carbonyl (C=O) groups is 1. The molecule has 0 aliphatic carbocycles. The van der Waals surface area contributed by atoms with E-state index in [2.05, 4.69) is 25.7 Å². The highest BCUT2D eigenvalue weighted by atomic mass is 16.5. The fourth-order valence-corrected chi connectivity index (χ4v) is 2.46. The number of nitrogens with zero attached hydrogens (tertiary/aromatic N) is 1. The van der Waals surface area contributed by atoms with Crippen molar-refractivity contribution in [1.29, 1.82) is 0 Å². The standard InChI is InChI=1S/C17H25NO2/c1-17(2,3)15(13-18-11-7-8-12-18)20-16(19)14-9-5-4-6-10-14/h4-6,9-10,15H,7-8,11-13H2,1-3H3/t15-/m0/s1. The van der Waals surface area contributed by atoms with Crippen LogP contribution in [0.25, 0.3) is 0 Å². The molecule has 0 saturated carbocycles. The number of carbonyl (C=O) groups excluding carboxylic acids is 1. The second-order valence-corrected chi connectivity index (χ2v) is 6.63.